The molecular weight excluding hydrogens is 260 g/mol. The lowest BCUT2D eigenvalue weighted by Crippen LogP contribution is -2.37. The predicted octanol–water partition coefficient (Wildman–Crippen LogP) is 0.520. The van der Waals surface area contributed by atoms with Crippen LogP contribution in [-0.4, -0.2) is 37.8 Å². The van der Waals surface area contributed by atoms with Gasteiger partial charge in [0.25, 0.3) is 5.91 Å². The molecule has 0 aliphatic rings. The molecule has 0 bridgehead atoms. The first-order valence-electron chi connectivity index (χ1n) is 6.30. The quantitative estimate of drug-likeness (QED) is 0.712. The van der Waals surface area contributed by atoms with E-state index in [0.717, 1.165) is 0 Å². The summed E-state index contributed by atoms with van der Waals surface area (Å²) >= 11 is 0. The number of carbonyl (C=O) groups excluding carboxylic acids is 3. The summed E-state index contributed by atoms with van der Waals surface area (Å²) in [6.45, 7) is 1.53. The van der Waals surface area contributed by atoms with Crippen LogP contribution in [0.3, 0.4) is 0 Å². The molecule has 0 saturated heterocycles. The van der Waals surface area contributed by atoms with Crippen LogP contribution in [0.4, 0.5) is 0 Å². The van der Waals surface area contributed by atoms with E-state index >= 15 is 0 Å². The van der Waals surface area contributed by atoms with Crippen molar-refractivity contribution in [3.05, 3.63) is 29.8 Å². The SMILES string of the molecule is CCC(=O)c1ccc(OCC(=O)NCC(=O)NC)cc1. The van der Waals surface area contributed by atoms with E-state index in [1.807, 2.05) is 0 Å². The Morgan fingerprint density at radius 1 is 1.10 bits per heavy atom. The lowest BCUT2D eigenvalue weighted by atomic mass is 10.1. The monoisotopic (exact) mass is 278 g/mol. The first kappa shape index (κ1) is 15.7. The smallest absolute Gasteiger partial charge is 0.258 e. The van der Waals surface area contributed by atoms with Gasteiger partial charge in [-0.05, 0) is 24.3 Å². The Kier molecular flexibility index (Phi) is 6.22. The molecule has 0 unspecified atom stereocenters. The van der Waals surface area contributed by atoms with Crippen molar-refractivity contribution in [2.45, 2.75) is 13.3 Å². The average Bonchev–Trinajstić information content (AvgIpc) is 2.50. The minimum Gasteiger partial charge on any atom is -0.484 e. The number of nitrogens with one attached hydrogen (secondary N) is 2. The van der Waals surface area contributed by atoms with Crippen LogP contribution in [-0.2, 0) is 9.59 Å². The van der Waals surface area contributed by atoms with E-state index in [4.69, 9.17) is 4.74 Å². The van der Waals surface area contributed by atoms with Crippen LogP contribution in [0.25, 0.3) is 0 Å². The highest BCUT2D eigenvalue weighted by Gasteiger charge is 2.06. The number of amides is 2. The van der Waals surface area contributed by atoms with Crippen LogP contribution < -0.4 is 15.4 Å². The normalized spacial score (nSPS) is 9.70. The number of hydrogen-bond acceptors (Lipinski definition) is 4. The van der Waals surface area contributed by atoms with E-state index in [9.17, 15) is 14.4 Å². The zero-order valence-corrected chi connectivity index (χ0v) is 11.6. The van der Waals surface area contributed by atoms with E-state index < -0.39 is 0 Å². The van der Waals surface area contributed by atoms with Gasteiger partial charge in [0.15, 0.2) is 12.4 Å². The average molecular weight is 278 g/mol. The van der Waals surface area contributed by atoms with Crippen LogP contribution in [0.2, 0.25) is 0 Å². The van der Waals surface area contributed by atoms with E-state index in [1.165, 1.54) is 7.05 Å². The van der Waals surface area contributed by atoms with Crippen LogP contribution in [0.5, 0.6) is 5.75 Å². The summed E-state index contributed by atoms with van der Waals surface area (Å²) < 4.78 is 5.25. The lowest BCUT2D eigenvalue weighted by Gasteiger charge is -2.07. The molecule has 2 N–H and O–H groups in total. The largest absolute Gasteiger partial charge is 0.484 e. The van der Waals surface area contributed by atoms with E-state index in [-0.39, 0.29) is 30.7 Å². The van der Waals surface area contributed by atoms with Crippen LogP contribution in [0, 0.1) is 0 Å². The van der Waals surface area contributed by atoms with Crippen LogP contribution in [0.1, 0.15) is 23.7 Å². The number of benzene rings is 1. The van der Waals surface area contributed by atoms with E-state index in [2.05, 4.69) is 10.6 Å². The minimum atomic E-state index is -0.387. The molecule has 0 radical (unpaired) electrons. The number of rotatable bonds is 7. The van der Waals surface area contributed by atoms with Crippen molar-refractivity contribution in [2.75, 3.05) is 20.2 Å². The van der Waals surface area contributed by atoms with Crippen molar-refractivity contribution in [1.82, 2.24) is 10.6 Å². The van der Waals surface area contributed by atoms with Crippen molar-refractivity contribution in [1.29, 1.82) is 0 Å². The van der Waals surface area contributed by atoms with Gasteiger partial charge in [-0.2, -0.15) is 0 Å². The fraction of sp³-hybridized carbons (Fsp3) is 0.357. The van der Waals surface area contributed by atoms with Crippen molar-refractivity contribution in [2.24, 2.45) is 0 Å². The second kappa shape index (κ2) is 7.93. The molecule has 2 amide bonds. The zero-order chi connectivity index (χ0) is 15.0. The molecular formula is C14H18N2O4. The lowest BCUT2D eigenvalue weighted by molar-refractivity contribution is -0.127. The fourth-order valence-corrected chi connectivity index (χ4v) is 1.41. The third kappa shape index (κ3) is 5.09. The highest BCUT2D eigenvalue weighted by Crippen LogP contribution is 2.13. The molecule has 0 spiro atoms. The first-order valence-corrected chi connectivity index (χ1v) is 6.30. The fourth-order valence-electron chi connectivity index (χ4n) is 1.41. The van der Waals surface area contributed by atoms with Gasteiger partial charge in [-0.15, -0.1) is 0 Å². The van der Waals surface area contributed by atoms with Crippen LogP contribution in [0.15, 0.2) is 24.3 Å². The van der Waals surface area contributed by atoms with Gasteiger partial charge in [-0.3, -0.25) is 14.4 Å². The van der Waals surface area contributed by atoms with Gasteiger partial charge in [-0.1, -0.05) is 6.92 Å². The molecule has 108 valence electrons. The molecule has 1 aromatic carbocycles. The first-order chi connectivity index (χ1) is 9.56. The van der Waals surface area contributed by atoms with Gasteiger partial charge in [0.1, 0.15) is 5.75 Å². The second-order valence-corrected chi connectivity index (χ2v) is 4.04. The second-order valence-electron chi connectivity index (χ2n) is 4.04. The molecule has 1 rings (SSSR count). The number of carbonyl (C=O) groups is 3. The van der Waals surface area contributed by atoms with Gasteiger partial charge in [0.05, 0.1) is 6.54 Å². The molecule has 0 aliphatic heterocycles. The Bertz CT molecular complexity index is 482. The summed E-state index contributed by atoms with van der Waals surface area (Å²) in [7, 11) is 1.49. The number of ether oxygens (including phenoxy) is 1. The van der Waals surface area contributed by atoms with Crippen molar-refractivity contribution in [3.8, 4) is 5.75 Å². The maximum Gasteiger partial charge on any atom is 0.258 e. The molecule has 0 saturated carbocycles. The Morgan fingerprint density at radius 2 is 1.75 bits per heavy atom. The van der Waals surface area contributed by atoms with E-state index in [0.29, 0.717) is 17.7 Å². The third-order valence-electron chi connectivity index (χ3n) is 2.59. The topological polar surface area (TPSA) is 84.5 Å². The molecule has 0 atom stereocenters. The number of ketones is 1. The molecule has 0 aromatic heterocycles. The van der Waals surface area contributed by atoms with Crippen molar-refractivity contribution >= 4 is 17.6 Å². The number of hydrogen-bond donors (Lipinski definition) is 2. The number of Topliss-reactive ketones (excluding diaryl/α,β-unsaturated/α-hetero) is 1. The minimum absolute atomic E-state index is 0.0554. The summed E-state index contributed by atoms with van der Waals surface area (Å²) in [5, 5.41) is 4.80. The van der Waals surface area contributed by atoms with Crippen molar-refractivity contribution in [3.63, 3.8) is 0 Å². The zero-order valence-electron chi connectivity index (χ0n) is 11.6. The molecule has 0 heterocycles. The van der Waals surface area contributed by atoms with Crippen molar-refractivity contribution < 1.29 is 19.1 Å². The van der Waals surface area contributed by atoms with Gasteiger partial charge in [-0.25, -0.2) is 0 Å². The highest BCUT2D eigenvalue weighted by atomic mass is 16.5. The summed E-state index contributed by atoms with van der Waals surface area (Å²) in [5.74, 6) is -0.115. The standard InChI is InChI=1S/C14H18N2O4/c1-3-12(17)10-4-6-11(7-5-10)20-9-14(19)16-8-13(18)15-2/h4-7H,3,8-9H2,1-2H3,(H,15,18)(H,16,19). The highest BCUT2D eigenvalue weighted by molar-refractivity contribution is 5.95. The maximum atomic E-state index is 11.4. The predicted molar refractivity (Wildman–Crippen MR) is 73.6 cm³/mol. The van der Waals surface area contributed by atoms with Gasteiger partial charge >= 0.3 is 0 Å². The molecule has 0 fully saturated rings. The Hall–Kier alpha value is -2.37. The Morgan fingerprint density at radius 3 is 2.30 bits per heavy atom. The molecule has 1 aromatic rings. The third-order valence-corrected chi connectivity index (χ3v) is 2.59. The van der Waals surface area contributed by atoms with Gasteiger partial charge in [0.2, 0.25) is 5.91 Å². The summed E-state index contributed by atoms with van der Waals surface area (Å²) in [6.07, 6.45) is 0.447. The Labute approximate surface area is 117 Å². The molecule has 6 heteroatoms. The number of likely N-dealkylation sites (N-methyl/N-ethyl adjacent to an activating group) is 1. The van der Waals surface area contributed by atoms with E-state index in [1.54, 1.807) is 31.2 Å². The molecule has 6 nitrogen and oxygen atoms in total. The van der Waals surface area contributed by atoms with Gasteiger partial charge < -0.3 is 15.4 Å². The Balaban J connectivity index is 2.40. The maximum absolute atomic E-state index is 11.4. The molecule has 0 aliphatic carbocycles. The summed E-state index contributed by atoms with van der Waals surface area (Å²) in [6, 6.07) is 6.58. The summed E-state index contributed by atoms with van der Waals surface area (Å²) in [5.41, 5.74) is 0.615. The van der Waals surface area contributed by atoms with Gasteiger partial charge in [0, 0.05) is 19.0 Å². The summed E-state index contributed by atoms with van der Waals surface area (Å²) in [4.78, 5) is 33.7. The molecule has 20 heavy (non-hydrogen) atoms. The van der Waals surface area contributed by atoms with Crippen LogP contribution >= 0.6 is 0 Å².